The molecule has 0 aliphatic heterocycles. The van der Waals surface area contributed by atoms with Crippen LogP contribution < -0.4 is 24.1 Å². The molecule has 0 aromatic heterocycles. The second-order valence-electron chi connectivity index (χ2n) is 0. The van der Waals surface area contributed by atoms with Crippen LogP contribution in [0.25, 0.3) is 0 Å². The molecular weight excluding hydrogens is 95.5 g/mol. The van der Waals surface area contributed by atoms with E-state index < -0.39 is 0 Å². The molecule has 0 amide bonds. The van der Waals surface area contributed by atoms with Crippen molar-refractivity contribution in [2.45, 2.75) is 0 Å². The normalized spacial score (nSPS) is 1.50. The largest absolute Gasteiger partial charge is 1.00 e. The molecule has 2 nitrogen and oxygen atoms in total. The summed E-state index contributed by atoms with van der Waals surface area (Å²) < 4.78 is 0. The highest BCUT2D eigenvalue weighted by Crippen LogP contribution is -0.00228. The molecule has 0 bridgehead atoms. The van der Waals surface area contributed by atoms with E-state index in [4.69, 9.17) is 0 Å². The van der Waals surface area contributed by atoms with Crippen molar-refractivity contribution in [3.63, 3.8) is 0 Å². The lowest BCUT2D eigenvalue weighted by molar-refractivity contribution is -0.000000749. The van der Waals surface area contributed by atoms with E-state index in [9.17, 15) is 0 Å². The van der Waals surface area contributed by atoms with Crippen molar-refractivity contribution in [1.82, 2.24) is 0 Å². The summed E-state index contributed by atoms with van der Waals surface area (Å²) in [5.74, 6) is 8.00. The van der Waals surface area contributed by atoms with Crippen LogP contribution in [0.5, 0.6) is 0 Å². The Hall–Kier alpha value is 0.560. The van der Waals surface area contributed by atoms with Gasteiger partial charge in [-0.3, -0.25) is 11.7 Å². The topological polar surface area (TPSA) is 52.0 Å². The minimum atomic E-state index is 0. The van der Waals surface area contributed by atoms with E-state index in [1.807, 2.05) is 0 Å². The molecule has 4 heavy (non-hydrogen) atoms. The quantitative estimate of drug-likeness (QED) is 0.183. The summed E-state index contributed by atoms with van der Waals surface area (Å²) in [6.07, 6.45) is 0. The van der Waals surface area contributed by atoms with Gasteiger partial charge in [-0.15, -0.1) is 0 Å². The number of halogens is 1. The lowest BCUT2D eigenvalue weighted by Crippen LogP contribution is -3.00. The average molecular weight is 103 g/mol. The van der Waals surface area contributed by atoms with Gasteiger partial charge in [-0.1, -0.05) is 13.5 Å². The molecule has 0 heterocycles. The van der Waals surface area contributed by atoms with E-state index in [0.29, 0.717) is 0 Å². The molecule has 0 radical (unpaired) electrons. The Morgan fingerprint density at radius 3 is 1.00 bits per heavy atom. The van der Waals surface area contributed by atoms with Crippen LogP contribution in [0.1, 0.15) is 0 Å². The van der Waals surface area contributed by atoms with Crippen molar-refractivity contribution >= 4 is 13.5 Å². The second kappa shape index (κ2) is 74.4. The zero-order chi connectivity index (χ0) is 2.00. The van der Waals surface area contributed by atoms with Crippen molar-refractivity contribution in [2.24, 2.45) is 11.7 Å². The van der Waals surface area contributed by atoms with Crippen molar-refractivity contribution < 1.29 is 12.4 Å². The molecule has 4 heteroatoms. The van der Waals surface area contributed by atoms with Gasteiger partial charge in [0.25, 0.3) is 0 Å². The summed E-state index contributed by atoms with van der Waals surface area (Å²) in [6, 6.07) is 0. The van der Waals surface area contributed by atoms with Gasteiger partial charge in [0.05, 0.1) is 0 Å². The van der Waals surface area contributed by atoms with E-state index >= 15 is 0 Å². The van der Waals surface area contributed by atoms with Crippen molar-refractivity contribution in [3.05, 3.63) is 0 Å². The van der Waals surface area contributed by atoms with Gasteiger partial charge in [-0.2, -0.15) is 0 Å². The number of nitrogens with two attached hydrogens (primary N) is 2. The molecule has 0 rings (SSSR count). The summed E-state index contributed by atoms with van der Waals surface area (Å²) in [6.45, 7) is 0. The first kappa shape index (κ1) is 23.7. The number of hydrazine groups is 1. The van der Waals surface area contributed by atoms with Gasteiger partial charge in [0, 0.05) is 0 Å². The molecule has 4 N–H and O–H groups in total. The Labute approximate surface area is 38.4 Å². The van der Waals surface area contributed by atoms with Crippen LogP contribution in [0.4, 0.5) is 0 Å². The monoisotopic (exact) mass is 102 g/mol. The zero-order valence-corrected chi connectivity index (χ0v) is 4.02. The van der Waals surface area contributed by atoms with Crippen LogP contribution in [0, 0.1) is 0 Å². The Balaban J connectivity index is -0.00000000500. The zero-order valence-electron chi connectivity index (χ0n) is 2.11. The minimum Gasteiger partial charge on any atom is -1.00 e. The fourth-order valence-corrected chi connectivity index (χ4v) is 0. The van der Waals surface area contributed by atoms with Crippen molar-refractivity contribution in [2.75, 3.05) is 0 Å². The van der Waals surface area contributed by atoms with Gasteiger partial charge < -0.3 is 12.4 Å². The first-order chi connectivity index (χ1) is 1.00. The first-order valence-corrected chi connectivity index (χ1v) is 0.333. The number of rotatable bonds is 0. The molecule has 0 saturated heterocycles. The highest BCUT2D eigenvalue weighted by Gasteiger charge is 0.726. The Morgan fingerprint density at radius 1 is 1.00 bits per heavy atom. The maximum absolute atomic E-state index is 4.00. The lowest BCUT2D eigenvalue weighted by atomic mass is 13.0. The van der Waals surface area contributed by atoms with Crippen LogP contribution in [0.3, 0.4) is 0 Å². The second-order valence-corrected chi connectivity index (χ2v) is 0. The predicted molar refractivity (Wildman–Crippen MR) is 19.9 cm³/mol. The third-order valence-electron chi connectivity index (χ3n) is 0. The van der Waals surface area contributed by atoms with Gasteiger partial charge in [0.15, 0.2) is 0 Å². The van der Waals surface area contributed by atoms with Crippen molar-refractivity contribution in [1.29, 1.82) is 0 Å². The van der Waals surface area contributed by atoms with Gasteiger partial charge in [-0.25, -0.2) is 0 Å². The average Bonchev–Trinajstić information content (AvgIpc) is 1.00. The molecule has 0 saturated carbocycles. The summed E-state index contributed by atoms with van der Waals surface area (Å²) in [7, 11) is 0. The number of hydrogen-bond donors (Lipinski definition) is 2. The summed E-state index contributed by atoms with van der Waals surface area (Å²) >= 11 is 0. The molecule has 0 fully saturated rings. The molecule has 30 valence electrons. The molecule has 0 aromatic carbocycles. The predicted octanol–water partition coefficient (Wildman–Crippen LogP) is -4.98. The SMILES string of the molecule is NN.[Cl-].[SH3+]. The Kier molecular flexibility index (Phi) is 442. The van der Waals surface area contributed by atoms with Crippen LogP contribution >= 0.6 is 0 Å². The maximum atomic E-state index is 4.00. The first-order valence-electron chi connectivity index (χ1n) is 0.333. The summed E-state index contributed by atoms with van der Waals surface area (Å²) in [5, 5.41) is 0. The Bertz CT molecular complexity index is 6.00. The fraction of sp³-hybridized carbons (Fsp3) is 0. The molecule has 0 aromatic rings. The van der Waals surface area contributed by atoms with Crippen molar-refractivity contribution in [3.8, 4) is 0 Å². The third-order valence-corrected chi connectivity index (χ3v) is 0. The van der Waals surface area contributed by atoms with Crippen LogP contribution in [-0.4, -0.2) is 0 Å². The highest BCUT2D eigenvalue weighted by atomic mass is 35.5. The smallest absolute Gasteiger partial charge is 0.0576 e. The van der Waals surface area contributed by atoms with E-state index in [-0.39, 0.29) is 25.9 Å². The Morgan fingerprint density at radius 2 is 1.00 bits per heavy atom. The number of hydrogen-bond acceptors (Lipinski definition) is 2. The van der Waals surface area contributed by atoms with E-state index in [1.54, 1.807) is 0 Å². The summed E-state index contributed by atoms with van der Waals surface area (Å²) in [4.78, 5) is 0. The van der Waals surface area contributed by atoms with Gasteiger partial charge in [-0.05, 0) is 0 Å². The van der Waals surface area contributed by atoms with Gasteiger partial charge in [0.1, 0.15) is 0 Å². The molecule has 0 spiro atoms. The van der Waals surface area contributed by atoms with Gasteiger partial charge in [0.2, 0.25) is 0 Å². The molecule has 0 aliphatic rings. The van der Waals surface area contributed by atoms with Gasteiger partial charge >= 0.3 is 0 Å². The third kappa shape index (κ3) is 19.9. The van der Waals surface area contributed by atoms with E-state index in [0.717, 1.165) is 0 Å². The molecule has 0 atom stereocenters. The minimum absolute atomic E-state index is 0. The van der Waals surface area contributed by atoms with Crippen LogP contribution in [0.15, 0.2) is 0 Å². The fourth-order valence-electron chi connectivity index (χ4n) is 0. The standard InChI is InChI=1S/ClH.H4N2.H2S/c;1-2;/h1H;1-2H2;1H2. The molecule has 0 unspecified atom stereocenters. The van der Waals surface area contributed by atoms with E-state index in [1.165, 1.54) is 0 Å². The van der Waals surface area contributed by atoms with E-state index in [2.05, 4.69) is 11.7 Å². The molecular formula is H7ClN2S. The maximum Gasteiger partial charge on any atom is -0.0576 e. The lowest BCUT2D eigenvalue weighted by Gasteiger charge is -1.27. The summed E-state index contributed by atoms with van der Waals surface area (Å²) in [5.41, 5.74) is 0. The van der Waals surface area contributed by atoms with Crippen LogP contribution in [-0.2, 0) is 13.5 Å². The molecule has 0 aliphatic carbocycles. The van der Waals surface area contributed by atoms with Crippen LogP contribution in [0.2, 0.25) is 0 Å². The highest BCUT2D eigenvalue weighted by molar-refractivity contribution is 7.37.